The van der Waals surface area contributed by atoms with Gasteiger partial charge in [0.15, 0.2) is 24.5 Å². The van der Waals surface area contributed by atoms with Gasteiger partial charge in [0.1, 0.15) is 23.0 Å². The van der Waals surface area contributed by atoms with Gasteiger partial charge >= 0.3 is 0 Å². The van der Waals surface area contributed by atoms with Crippen molar-refractivity contribution in [2.75, 3.05) is 5.31 Å². The predicted octanol–water partition coefficient (Wildman–Crippen LogP) is 7.86. The second kappa shape index (κ2) is 10.4. The van der Waals surface area contributed by atoms with Crippen LogP contribution in [0.4, 0.5) is 11.4 Å². The fourth-order valence-corrected chi connectivity index (χ4v) is 6.66. The van der Waals surface area contributed by atoms with Crippen LogP contribution in [-0.4, -0.2) is 34.9 Å². The lowest BCUT2D eigenvalue weighted by Gasteiger charge is -2.34. The smallest absolute Gasteiger partial charge is 0.198 e. The monoisotopic (exact) mass is 627 g/mol. The maximum absolute atomic E-state index is 14.2. The van der Waals surface area contributed by atoms with E-state index in [2.05, 4.69) is 0 Å². The normalized spacial score (nSPS) is 17.3. The van der Waals surface area contributed by atoms with Gasteiger partial charge in [0.2, 0.25) is 0 Å². The molecule has 1 unspecified atom stereocenters. The van der Waals surface area contributed by atoms with E-state index in [9.17, 15) is 20.6 Å². The summed E-state index contributed by atoms with van der Waals surface area (Å²) in [6.45, 7) is 0. The Balaban J connectivity index is 1.11. The average Bonchev–Trinajstić information content (AvgIpc) is 3.13. The molecule has 8 nitrogen and oxygen atoms in total. The molecule has 0 amide bonds. The standard InChI is InChI=1S/C40H22N2O6/c43-37-25-17-19-27-35(33(25)39(45)23-13-7-15-29(31(23)37)47-21-9-3-1-4-10-21)41-28-20-18-26-34(36(28)42-27)40(46)24-14-8-16-30(32(24)38(26)44)48-22-11-5-2-6-12-22/h1-20,35,41H/i/hD. The topological polar surface area (TPSA) is 111 Å². The first-order valence-electron chi connectivity index (χ1n) is 15.7. The van der Waals surface area contributed by atoms with Crippen LogP contribution in [0.3, 0.4) is 0 Å². The summed E-state index contributed by atoms with van der Waals surface area (Å²) in [4.78, 5) is 61.1. The molecule has 0 fully saturated rings. The van der Waals surface area contributed by atoms with E-state index in [1.807, 2.05) is 36.4 Å². The molecule has 1 N–H and O–H groups in total. The van der Waals surface area contributed by atoms with Crippen molar-refractivity contribution in [2.24, 2.45) is 4.99 Å². The van der Waals surface area contributed by atoms with Crippen LogP contribution in [0, 0.1) is 0 Å². The van der Waals surface area contributed by atoms with E-state index < -0.39 is 29.2 Å². The van der Waals surface area contributed by atoms with E-state index in [0.29, 0.717) is 17.2 Å². The van der Waals surface area contributed by atoms with Gasteiger partial charge < -0.3 is 14.8 Å². The maximum Gasteiger partial charge on any atom is 0.198 e. The number of fused-ring (bicyclic) bond motifs is 7. The first-order valence-corrected chi connectivity index (χ1v) is 15.3. The lowest BCUT2D eigenvalue weighted by molar-refractivity contribution is 0.0973. The minimum absolute atomic E-state index is 0.0716. The van der Waals surface area contributed by atoms with Crippen molar-refractivity contribution < 1.29 is 30.1 Å². The Morgan fingerprint density at radius 1 is 0.562 bits per heavy atom. The molecule has 5 aromatic rings. The molecule has 1 heterocycles. The number of benzene rings is 5. The molecule has 0 radical (unpaired) electrons. The molecule has 1 aliphatic heterocycles. The fraction of sp³-hybridized carbons (Fsp3) is 0.0250. The van der Waals surface area contributed by atoms with Crippen molar-refractivity contribution in [1.82, 2.24) is 0 Å². The number of carbonyl (C=O) groups excluding carboxylic acids is 4. The molecule has 228 valence electrons. The molecular weight excluding hydrogens is 604 g/mol. The minimum atomic E-state index is -1.03. The Hall–Kier alpha value is -6.67. The van der Waals surface area contributed by atoms with E-state index >= 15 is 0 Å². The zero-order chi connectivity index (χ0) is 33.4. The van der Waals surface area contributed by atoms with Gasteiger partial charge in [-0.25, -0.2) is 4.99 Å². The van der Waals surface area contributed by atoms with Crippen LogP contribution in [0.25, 0.3) is 0 Å². The molecule has 5 aromatic carbocycles. The summed E-state index contributed by atoms with van der Waals surface area (Å²) in [5, 5.41) is 1.10. The summed E-state index contributed by atoms with van der Waals surface area (Å²) >= 11 is 0. The molecule has 0 saturated heterocycles. The molecule has 0 saturated carbocycles. The number of ether oxygens (including phenoxy) is 2. The lowest BCUT2D eigenvalue weighted by atomic mass is 9.76. The summed E-state index contributed by atoms with van der Waals surface area (Å²) in [5.41, 5.74) is 1.79. The van der Waals surface area contributed by atoms with Gasteiger partial charge in [-0.15, -0.1) is 0 Å². The van der Waals surface area contributed by atoms with Crippen LogP contribution in [-0.2, 0) is 0 Å². The van der Waals surface area contributed by atoms with Crippen molar-refractivity contribution in [3.05, 3.63) is 166 Å². The average molecular weight is 628 g/mol. The van der Waals surface area contributed by atoms with E-state index in [1.54, 1.807) is 72.8 Å². The van der Waals surface area contributed by atoms with Crippen LogP contribution in [0.1, 0.15) is 52.6 Å². The van der Waals surface area contributed by atoms with Crippen molar-refractivity contribution in [2.45, 2.75) is 6.04 Å². The number of allylic oxidation sites excluding steroid dienone is 2. The number of para-hydroxylation sites is 2. The molecule has 0 spiro atoms. The highest BCUT2D eigenvalue weighted by atomic mass is 16.5. The van der Waals surface area contributed by atoms with Gasteiger partial charge in [-0.3, -0.25) is 19.2 Å². The minimum Gasteiger partial charge on any atom is -0.457 e. The van der Waals surface area contributed by atoms with Gasteiger partial charge in [-0.05, 0) is 60.7 Å². The van der Waals surface area contributed by atoms with Crippen molar-refractivity contribution in [3.8, 4) is 23.0 Å². The molecular formula is C40H22N2O6. The highest BCUT2D eigenvalue weighted by Crippen LogP contribution is 2.46. The lowest BCUT2D eigenvalue weighted by Crippen LogP contribution is -2.41. The molecule has 48 heavy (non-hydrogen) atoms. The second-order valence-corrected chi connectivity index (χ2v) is 11.6. The molecule has 8 heteroatoms. The number of ketones is 4. The van der Waals surface area contributed by atoms with Crippen LogP contribution < -0.4 is 14.8 Å². The first kappa shape index (κ1) is 26.5. The van der Waals surface area contributed by atoms with E-state index in [-0.39, 0.29) is 67.4 Å². The first-order chi connectivity index (χ1) is 23.9. The van der Waals surface area contributed by atoms with Gasteiger partial charge in [-0.2, -0.15) is 0 Å². The largest absolute Gasteiger partial charge is 0.457 e. The quantitative estimate of drug-likeness (QED) is 0.212. The third kappa shape index (κ3) is 4.06. The number of rotatable bonds is 4. The number of anilines is 1. The molecule has 0 bridgehead atoms. The van der Waals surface area contributed by atoms with Crippen molar-refractivity contribution in [1.29, 1.82) is 0 Å². The van der Waals surface area contributed by atoms with Crippen molar-refractivity contribution in [3.63, 3.8) is 0 Å². The third-order valence-electron chi connectivity index (χ3n) is 8.83. The Morgan fingerprint density at radius 3 is 1.77 bits per heavy atom. The van der Waals surface area contributed by atoms with Crippen LogP contribution in [0.5, 0.6) is 23.0 Å². The van der Waals surface area contributed by atoms with Gasteiger partial charge in [0.25, 0.3) is 0 Å². The summed E-state index contributed by atoms with van der Waals surface area (Å²) in [7, 11) is 0. The number of hydrogen-bond acceptors (Lipinski definition) is 8. The van der Waals surface area contributed by atoms with Gasteiger partial charge in [0.05, 0.1) is 39.8 Å². The zero-order valence-electron chi connectivity index (χ0n) is 26.0. The van der Waals surface area contributed by atoms with Gasteiger partial charge in [0, 0.05) is 27.8 Å². The predicted molar refractivity (Wildman–Crippen MR) is 179 cm³/mol. The molecule has 0 aromatic heterocycles. The van der Waals surface area contributed by atoms with Crippen LogP contribution >= 0.6 is 0 Å². The number of carbonyl (C=O) groups is 4. The Morgan fingerprint density at radius 2 is 1.12 bits per heavy atom. The highest BCUT2D eigenvalue weighted by molar-refractivity contribution is 6.35. The highest BCUT2D eigenvalue weighted by Gasteiger charge is 2.43. The number of aliphatic imine (C=N–C) groups is 1. The zero-order valence-corrected chi connectivity index (χ0v) is 25.0. The van der Waals surface area contributed by atoms with Crippen molar-refractivity contribution >= 4 is 40.2 Å². The number of Topliss-reactive ketones (excluding diaryl/α,β-unsaturated/α-hetero) is 2. The second-order valence-electron chi connectivity index (χ2n) is 11.6. The summed E-state index contributed by atoms with van der Waals surface area (Å²) in [6, 6.07) is 29.7. The van der Waals surface area contributed by atoms with E-state index in [4.69, 9.17) is 14.5 Å². The fourth-order valence-electron chi connectivity index (χ4n) is 6.66. The Labute approximate surface area is 275 Å². The SMILES string of the molecule is [2H]N1c2ccc3c(c2N=C2C=CC4=C(C(=O)c5cccc(Oc6ccccc6)c5C4=O)C21)C(=O)c1cccc(Oc2ccccc2)c1C3=O. The van der Waals surface area contributed by atoms with Crippen LogP contribution in [0.15, 0.2) is 137 Å². The Kier molecular flexibility index (Phi) is 5.77. The number of nitrogens with one attached hydrogen (secondary N) is 1. The molecule has 9 rings (SSSR count). The Bertz CT molecular complexity index is 2430. The summed E-state index contributed by atoms with van der Waals surface area (Å²) < 4.78 is 21.3. The maximum atomic E-state index is 14.2. The summed E-state index contributed by atoms with van der Waals surface area (Å²) in [5.74, 6) is -0.107. The van der Waals surface area contributed by atoms with Gasteiger partial charge in [-0.1, -0.05) is 60.7 Å². The van der Waals surface area contributed by atoms with E-state index in [1.165, 1.54) is 12.1 Å². The summed E-state index contributed by atoms with van der Waals surface area (Å²) in [6.07, 6.45) is 3.11. The molecule has 1 atom stereocenters. The third-order valence-corrected chi connectivity index (χ3v) is 8.83. The molecule has 4 aliphatic rings. The molecule has 3 aliphatic carbocycles. The van der Waals surface area contributed by atoms with E-state index in [0.717, 1.165) is 5.31 Å². The van der Waals surface area contributed by atoms with Crippen LogP contribution in [0.2, 0.25) is 1.41 Å². The number of nitrogens with zero attached hydrogens (tertiary/aromatic N) is 1. The number of hydrogen-bond donors (Lipinski definition) is 1.